The van der Waals surface area contributed by atoms with Crippen LogP contribution in [0.4, 0.5) is 0 Å². The van der Waals surface area contributed by atoms with Crippen LogP contribution in [0.15, 0.2) is 41.0 Å². The van der Waals surface area contributed by atoms with Crippen LogP contribution in [0.3, 0.4) is 0 Å². The lowest BCUT2D eigenvalue weighted by atomic mass is 10.2. The van der Waals surface area contributed by atoms with E-state index in [4.69, 9.17) is 13.9 Å². The number of rotatable bonds is 4. The van der Waals surface area contributed by atoms with E-state index < -0.39 is 11.8 Å². The molecular formula is C14H14N2O5. The van der Waals surface area contributed by atoms with Gasteiger partial charge in [0.1, 0.15) is 11.5 Å². The largest absolute Gasteiger partial charge is 0.497 e. The second kappa shape index (κ2) is 6.47. The Balaban J connectivity index is 2.05. The minimum atomic E-state index is -0.555. The van der Waals surface area contributed by atoms with Gasteiger partial charge in [-0.2, -0.15) is 0 Å². The number of ether oxygens (including phenoxy) is 2. The number of nitrogens with one attached hydrogen (secondary N) is 2. The second-order valence-electron chi connectivity index (χ2n) is 3.95. The molecule has 2 amide bonds. The Hall–Kier alpha value is -2.96. The summed E-state index contributed by atoms with van der Waals surface area (Å²) in [5.74, 6) is -0.0886. The van der Waals surface area contributed by atoms with Crippen LogP contribution in [0.2, 0.25) is 0 Å². The third-order valence-corrected chi connectivity index (χ3v) is 2.69. The molecule has 21 heavy (non-hydrogen) atoms. The first-order valence-electron chi connectivity index (χ1n) is 6.02. The smallest absolute Gasteiger partial charge is 0.305 e. The quantitative estimate of drug-likeness (QED) is 0.830. The number of furan rings is 1. The normalized spacial score (nSPS) is 9.81. The van der Waals surface area contributed by atoms with E-state index in [1.54, 1.807) is 18.2 Å². The van der Waals surface area contributed by atoms with Gasteiger partial charge in [-0.1, -0.05) is 0 Å². The van der Waals surface area contributed by atoms with Crippen LogP contribution in [0.1, 0.15) is 20.9 Å². The Kier molecular flexibility index (Phi) is 4.45. The maximum atomic E-state index is 12.0. The first kappa shape index (κ1) is 14.4. The molecule has 7 heteroatoms. The van der Waals surface area contributed by atoms with Crippen molar-refractivity contribution in [3.05, 3.63) is 47.9 Å². The Morgan fingerprint density at radius 2 is 1.81 bits per heavy atom. The van der Waals surface area contributed by atoms with Crippen LogP contribution in [-0.4, -0.2) is 26.0 Å². The van der Waals surface area contributed by atoms with E-state index in [9.17, 15) is 9.59 Å². The Labute approximate surface area is 120 Å². The van der Waals surface area contributed by atoms with Crippen molar-refractivity contribution in [2.24, 2.45) is 0 Å². The molecule has 0 radical (unpaired) electrons. The third-order valence-electron chi connectivity index (χ3n) is 2.69. The number of carbonyl (C=O) groups is 2. The molecule has 0 saturated heterocycles. The summed E-state index contributed by atoms with van der Waals surface area (Å²) in [6.45, 7) is 0. The SMILES string of the molecule is COc1ccc(C(=O)NNC(=O)c2ccco2)c(OC)c1. The van der Waals surface area contributed by atoms with Gasteiger partial charge in [-0.15, -0.1) is 0 Å². The minimum absolute atomic E-state index is 0.0944. The van der Waals surface area contributed by atoms with Crippen molar-refractivity contribution in [1.82, 2.24) is 10.9 Å². The molecular weight excluding hydrogens is 276 g/mol. The first-order valence-corrected chi connectivity index (χ1v) is 6.02. The molecule has 0 aliphatic carbocycles. The minimum Gasteiger partial charge on any atom is -0.497 e. The van der Waals surface area contributed by atoms with E-state index in [1.807, 2.05) is 0 Å². The molecule has 1 aromatic carbocycles. The Morgan fingerprint density at radius 1 is 1.05 bits per heavy atom. The summed E-state index contributed by atoms with van der Waals surface area (Å²) >= 11 is 0. The number of carbonyl (C=O) groups excluding carboxylic acids is 2. The van der Waals surface area contributed by atoms with Crippen molar-refractivity contribution in [2.45, 2.75) is 0 Å². The number of methoxy groups -OCH3 is 2. The van der Waals surface area contributed by atoms with Gasteiger partial charge >= 0.3 is 5.91 Å². The van der Waals surface area contributed by atoms with Crippen molar-refractivity contribution in [3.8, 4) is 11.5 Å². The molecule has 7 nitrogen and oxygen atoms in total. The van der Waals surface area contributed by atoms with E-state index in [1.165, 1.54) is 32.6 Å². The molecule has 1 heterocycles. The van der Waals surface area contributed by atoms with E-state index in [-0.39, 0.29) is 11.3 Å². The zero-order valence-electron chi connectivity index (χ0n) is 11.5. The summed E-state index contributed by atoms with van der Waals surface area (Å²) in [5, 5.41) is 0. The summed E-state index contributed by atoms with van der Waals surface area (Å²) in [4.78, 5) is 23.6. The maximum Gasteiger partial charge on any atom is 0.305 e. The average Bonchev–Trinajstić information content (AvgIpc) is 3.06. The lowest BCUT2D eigenvalue weighted by molar-refractivity contribution is 0.0829. The standard InChI is InChI=1S/C14H14N2O5/c1-19-9-5-6-10(12(8-9)20-2)13(17)15-16-14(18)11-4-3-7-21-11/h3-8H,1-2H3,(H,15,17)(H,16,18). The number of hydrazine groups is 1. The fourth-order valence-corrected chi connectivity index (χ4v) is 1.64. The van der Waals surface area contributed by atoms with Gasteiger partial charge in [-0.25, -0.2) is 0 Å². The highest BCUT2D eigenvalue weighted by atomic mass is 16.5. The molecule has 2 aromatic rings. The maximum absolute atomic E-state index is 12.0. The molecule has 1 aromatic heterocycles. The average molecular weight is 290 g/mol. The van der Waals surface area contributed by atoms with Gasteiger partial charge in [0.15, 0.2) is 5.76 Å². The summed E-state index contributed by atoms with van der Waals surface area (Å²) in [6.07, 6.45) is 1.36. The summed E-state index contributed by atoms with van der Waals surface area (Å²) in [5.41, 5.74) is 4.79. The van der Waals surface area contributed by atoms with Crippen molar-refractivity contribution in [3.63, 3.8) is 0 Å². The second-order valence-corrected chi connectivity index (χ2v) is 3.95. The van der Waals surface area contributed by atoms with E-state index in [0.29, 0.717) is 11.5 Å². The summed E-state index contributed by atoms with van der Waals surface area (Å²) in [7, 11) is 2.95. The highest BCUT2D eigenvalue weighted by molar-refractivity contribution is 5.99. The molecule has 0 unspecified atom stereocenters. The molecule has 0 spiro atoms. The summed E-state index contributed by atoms with van der Waals surface area (Å²) < 4.78 is 15.1. The van der Waals surface area contributed by atoms with Crippen molar-refractivity contribution in [2.75, 3.05) is 14.2 Å². The van der Waals surface area contributed by atoms with Crippen LogP contribution in [0, 0.1) is 0 Å². The monoisotopic (exact) mass is 290 g/mol. The number of amides is 2. The topological polar surface area (TPSA) is 89.8 Å². The van der Waals surface area contributed by atoms with E-state index >= 15 is 0 Å². The first-order chi connectivity index (χ1) is 10.2. The van der Waals surface area contributed by atoms with Gasteiger partial charge in [-0.05, 0) is 24.3 Å². The molecule has 2 N–H and O–H groups in total. The van der Waals surface area contributed by atoms with Gasteiger partial charge < -0.3 is 13.9 Å². The highest BCUT2D eigenvalue weighted by Gasteiger charge is 2.15. The Morgan fingerprint density at radius 3 is 2.43 bits per heavy atom. The predicted molar refractivity (Wildman–Crippen MR) is 73.2 cm³/mol. The fraction of sp³-hybridized carbons (Fsp3) is 0.143. The van der Waals surface area contributed by atoms with Crippen LogP contribution in [0.25, 0.3) is 0 Å². The predicted octanol–water partition coefficient (Wildman–Crippen LogP) is 1.37. The van der Waals surface area contributed by atoms with Gasteiger partial charge in [0.05, 0.1) is 26.0 Å². The summed E-state index contributed by atoms with van der Waals surface area (Å²) in [6, 6.07) is 7.78. The van der Waals surface area contributed by atoms with Crippen LogP contribution in [-0.2, 0) is 0 Å². The molecule has 0 fully saturated rings. The lowest BCUT2D eigenvalue weighted by Gasteiger charge is -2.11. The van der Waals surface area contributed by atoms with Crippen LogP contribution < -0.4 is 20.3 Å². The highest BCUT2D eigenvalue weighted by Crippen LogP contribution is 2.24. The van der Waals surface area contributed by atoms with Crippen LogP contribution in [0.5, 0.6) is 11.5 Å². The molecule has 0 bridgehead atoms. The van der Waals surface area contributed by atoms with Gasteiger partial charge in [0, 0.05) is 6.07 Å². The zero-order valence-corrected chi connectivity index (χ0v) is 11.5. The van der Waals surface area contributed by atoms with Gasteiger partial charge in [-0.3, -0.25) is 20.4 Å². The number of hydrogen-bond acceptors (Lipinski definition) is 5. The van der Waals surface area contributed by atoms with Crippen molar-refractivity contribution in [1.29, 1.82) is 0 Å². The molecule has 0 saturated carbocycles. The third kappa shape index (κ3) is 3.33. The zero-order chi connectivity index (χ0) is 15.2. The molecule has 110 valence electrons. The van der Waals surface area contributed by atoms with Crippen molar-refractivity contribution < 1.29 is 23.5 Å². The molecule has 2 rings (SSSR count). The van der Waals surface area contributed by atoms with E-state index in [2.05, 4.69) is 10.9 Å². The molecule has 0 aliphatic heterocycles. The lowest BCUT2D eigenvalue weighted by Crippen LogP contribution is -2.41. The Bertz CT molecular complexity index is 637. The van der Waals surface area contributed by atoms with Crippen molar-refractivity contribution >= 4 is 11.8 Å². The van der Waals surface area contributed by atoms with Gasteiger partial charge in [0.2, 0.25) is 0 Å². The van der Waals surface area contributed by atoms with Gasteiger partial charge in [0.25, 0.3) is 5.91 Å². The number of hydrogen-bond donors (Lipinski definition) is 2. The van der Waals surface area contributed by atoms with Crippen LogP contribution >= 0.6 is 0 Å². The van der Waals surface area contributed by atoms with E-state index in [0.717, 1.165) is 0 Å². The number of benzene rings is 1. The molecule has 0 aliphatic rings. The molecule has 0 atom stereocenters. The fourth-order valence-electron chi connectivity index (χ4n) is 1.64.